The van der Waals surface area contributed by atoms with Crippen LogP contribution in [0, 0.1) is 11.6 Å². The number of hydrogen-bond donors (Lipinski definition) is 1. The lowest BCUT2D eigenvalue weighted by atomic mass is 9.98. The van der Waals surface area contributed by atoms with Crippen molar-refractivity contribution < 1.29 is 13.5 Å². The molecule has 0 radical (unpaired) electrons. The summed E-state index contributed by atoms with van der Waals surface area (Å²) >= 11 is 6.24. The van der Waals surface area contributed by atoms with Gasteiger partial charge in [-0.05, 0) is 42.8 Å². The van der Waals surface area contributed by atoms with E-state index in [9.17, 15) is 8.78 Å². The maximum absolute atomic E-state index is 13.8. The summed E-state index contributed by atoms with van der Waals surface area (Å²) in [6.45, 7) is 0. The Kier molecular flexibility index (Phi) is 5.15. The van der Waals surface area contributed by atoms with E-state index in [2.05, 4.69) is 5.32 Å². The van der Waals surface area contributed by atoms with Crippen LogP contribution in [-0.4, -0.2) is 14.2 Å². The van der Waals surface area contributed by atoms with Crippen molar-refractivity contribution in [3.8, 4) is 5.75 Å². The molecule has 0 aliphatic heterocycles. The van der Waals surface area contributed by atoms with Gasteiger partial charge in [0, 0.05) is 17.1 Å². The molecule has 2 rings (SSSR count). The van der Waals surface area contributed by atoms with Crippen molar-refractivity contribution in [1.82, 2.24) is 5.32 Å². The normalized spacial score (nSPS) is 12.2. The zero-order valence-corrected chi connectivity index (χ0v) is 12.5. The largest absolute Gasteiger partial charge is 0.497 e. The predicted molar refractivity (Wildman–Crippen MR) is 79.9 cm³/mol. The fourth-order valence-corrected chi connectivity index (χ4v) is 2.49. The summed E-state index contributed by atoms with van der Waals surface area (Å²) in [5.74, 6) is -0.480. The molecule has 21 heavy (non-hydrogen) atoms. The van der Waals surface area contributed by atoms with Crippen LogP contribution in [0.15, 0.2) is 36.4 Å². The van der Waals surface area contributed by atoms with Crippen molar-refractivity contribution >= 4 is 11.6 Å². The van der Waals surface area contributed by atoms with Crippen LogP contribution < -0.4 is 10.1 Å². The van der Waals surface area contributed by atoms with Gasteiger partial charge in [-0.15, -0.1) is 0 Å². The number of nitrogens with one attached hydrogen (secondary N) is 1. The van der Waals surface area contributed by atoms with E-state index in [1.54, 1.807) is 26.3 Å². The molecule has 0 spiro atoms. The second kappa shape index (κ2) is 6.87. The number of likely N-dealkylation sites (N-methyl/N-ethyl adjacent to an activating group) is 1. The fourth-order valence-electron chi connectivity index (χ4n) is 2.19. The van der Waals surface area contributed by atoms with Crippen molar-refractivity contribution in [2.45, 2.75) is 12.5 Å². The van der Waals surface area contributed by atoms with Gasteiger partial charge in [0.15, 0.2) is 0 Å². The van der Waals surface area contributed by atoms with E-state index in [4.69, 9.17) is 16.3 Å². The minimum Gasteiger partial charge on any atom is -0.497 e. The molecule has 0 saturated carbocycles. The number of rotatable bonds is 5. The topological polar surface area (TPSA) is 21.3 Å². The number of hydrogen-bond acceptors (Lipinski definition) is 2. The van der Waals surface area contributed by atoms with Gasteiger partial charge in [-0.25, -0.2) is 8.78 Å². The lowest BCUT2D eigenvalue weighted by Crippen LogP contribution is -2.19. The van der Waals surface area contributed by atoms with Crippen molar-refractivity contribution in [2.75, 3.05) is 14.2 Å². The van der Waals surface area contributed by atoms with Gasteiger partial charge in [0.2, 0.25) is 0 Å². The number of benzene rings is 2. The van der Waals surface area contributed by atoms with Crippen molar-refractivity contribution in [3.05, 3.63) is 64.2 Å². The highest BCUT2D eigenvalue weighted by molar-refractivity contribution is 6.31. The number of halogens is 3. The summed E-state index contributed by atoms with van der Waals surface area (Å²) in [4.78, 5) is 0. The van der Waals surface area contributed by atoms with Crippen LogP contribution in [0.2, 0.25) is 5.02 Å². The lowest BCUT2D eigenvalue weighted by molar-refractivity contribution is 0.414. The Morgan fingerprint density at radius 1 is 1.19 bits per heavy atom. The molecule has 1 atom stereocenters. The molecule has 0 amide bonds. The smallest absolute Gasteiger partial charge is 0.129 e. The maximum atomic E-state index is 13.8. The first-order valence-corrected chi connectivity index (χ1v) is 6.87. The number of ether oxygens (including phenoxy) is 1. The standard InChI is InChI=1S/C16H16ClF2NO/c1-20-16(7-10-3-4-11(18)8-15(10)19)13-6-5-12(21-2)9-14(13)17/h3-6,8-9,16,20H,7H2,1-2H3. The van der Waals surface area contributed by atoms with E-state index >= 15 is 0 Å². The average Bonchev–Trinajstić information content (AvgIpc) is 2.47. The monoisotopic (exact) mass is 311 g/mol. The predicted octanol–water partition coefficient (Wildman–Crippen LogP) is 4.13. The van der Waals surface area contributed by atoms with E-state index < -0.39 is 11.6 Å². The van der Waals surface area contributed by atoms with Crippen LogP contribution in [-0.2, 0) is 6.42 Å². The minimum absolute atomic E-state index is 0.177. The van der Waals surface area contributed by atoms with Gasteiger partial charge in [-0.2, -0.15) is 0 Å². The molecule has 0 saturated heterocycles. The Balaban J connectivity index is 2.27. The highest BCUT2D eigenvalue weighted by atomic mass is 35.5. The third-order valence-electron chi connectivity index (χ3n) is 3.37. The zero-order valence-electron chi connectivity index (χ0n) is 11.8. The molecule has 2 aromatic rings. The third-order valence-corrected chi connectivity index (χ3v) is 3.70. The summed E-state index contributed by atoms with van der Waals surface area (Å²) in [6.07, 6.45) is 0.370. The van der Waals surface area contributed by atoms with Crippen LogP contribution in [0.25, 0.3) is 0 Å². The molecule has 0 heterocycles. The van der Waals surface area contributed by atoms with Crippen LogP contribution in [0.4, 0.5) is 8.78 Å². The zero-order chi connectivity index (χ0) is 15.4. The summed E-state index contributed by atoms with van der Waals surface area (Å²) in [5.41, 5.74) is 1.27. The van der Waals surface area contributed by atoms with Crippen molar-refractivity contribution in [2.24, 2.45) is 0 Å². The van der Waals surface area contributed by atoms with Crippen LogP contribution in [0.3, 0.4) is 0 Å². The van der Waals surface area contributed by atoms with Gasteiger partial charge >= 0.3 is 0 Å². The minimum atomic E-state index is -0.584. The molecule has 112 valence electrons. The van der Waals surface area contributed by atoms with Gasteiger partial charge in [0.1, 0.15) is 17.4 Å². The van der Waals surface area contributed by atoms with E-state index in [1.807, 2.05) is 6.07 Å². The SMILES string of the molecule is CNC(Cc1ccc(F)cc1F)c1ccc(OC)cc1Cl. The quantitative estimate of drug-likeness (QED) is 0.896. The Bertz CT molecular complexity index is 634. The Morgan fingerprint density at radius 2 is 1.95 bits per heavy atom. The molecule has 2 aromatic carbocycles. The molecule has 2 nitrogen and oxygen atoms in total. The van der Waals surface area contributed by atoms with Gasteiger partial charge < -0.3 is 10.1 Å². The highest BCUT2D eigenvalue weighted by Gasteiger charge is 2.16. The summed E-state index contributed by atoms with van der Waals surface area (Å²) < 4.78 is 31.8. The molecule has 0 aromatic heterocycles. The van der Waals surface area contributed by atoms with E-state index in [1.165, 1.54) is 12.1 Å². The maximum Gasteiger partial charge on any atom is 0.129 e. The molecular formula is C16H16ClF2NO. The van der Waals surface area contributed by atoms with E-state index in [0.29, 0.717) is 22.8 Å². The van der Waals surface area contributed by atoms with Gasteiger partial charge in [0.05, 0.1) is 7.11 Å². The van der Waals surface area contributed by atoms with Crippen molar-refractivity contribution in [3.63, 3.8) is 0 Å². The average molecular weight is 312 g/mol. The number of methoxy groups -OCH3 is 1. The summed E-state index contributed by atoms with van der Waals surface area (Å²) in [7, 11) is 3.33. The summed E-state index contributed by atoms with van der Waals surface area (Å²) in [6, 6.07) is 8.76. The van der Waals surface area contributed by atoms with Crippen molar-refractivity contribution in [1.29, 1.82) is 0 Å². The van der Waals surface area contributed by atoms with Gasteiger partial charge in [0.25, 0.3) is 0 Å². The molecule has 0 bridgehead atoms. The Labute approximate surface area is 127 Å². The molecule has 1 unspecified atom stereocenters. The molecule has 0 aliphatic carbocycles. The molecule has 0 aliphatic rings. The Morgan fingerprint density at radius 3 is 2.52 bits per heavy atom. The first kappa shape index (κ1) is 15.7. The van der Waals surface area contributed by atoms with E-state index in [0.717, 1.165) is 11.6 Å². The van der Waals surface area contributed by atoms with Crippen LogP contribution in [0.5, 0.6) is 5.75 Å². The Hall–Kier alpha value is -1.65. The molecule has 5 heteroatoms. The summed E-state index contributed by atoms with van der Waals surface area (Å²) in [5, 5.41) is 3.64. The fraction of sp³-hybridized carbons (Fsp3) is 0.250. The molecular weight excluding hydrogens is 296 g/mol. The first-order chi connectivity index (χ1) is 10.0. The second-order valence-electron chi connectivity index (χ2n) is 4.67. The van der Waals surface area contributed by atoms with Gasteiger partial charge in [-0.1, -0.05) is 23.7 Å². The van der Waals surface area contributed by atoms with Crippen LogP contribution >= 0.6 is 11.6 Å². The van der Waals surface area contributed by atoms with E-state index in [-0.39, 0.29) is 6.04 Å². The lowest BCUT2D eigenvalue weighted by Gasteiger charge is -2.19. The third kappa shape index (κ3) is 3.71. The molecule has 0 fully saturated rings. The molecule has 1 N–H and O–H groups in total. The second-order valence-corrected chi connectivity index (χ2v) is 5.08. The van der Waals surface area contributed by atoms with Gasteiger partial charge in [-0.3, -0.25) is 0 Å². The van der Waals surface area contributed by atoms with Crippen LogP contribution in [0.1, 0.15) is 17.2 Å². The first-order valence-electron chi connectivity index (χ1n) is 6.49. The highest BCUT2D eigenvalue weighted by Crippen LogP contribution is 2.29.